The SMILES string of the molecule is CCCCCCCCCCSc1nc(C)n(CC(=O)O)n1. The average molecular weight is 313 g/mol. The number of aliphatic carboxylic acids is 1. The van der Waals surface area contributed by atoms with Crippen molar-refractivity contribution < 1.29 is 9.90 Å². The van der Waals surface area contributed by atoms with Crippen molar-refractivity contribution in [1.29, 1.82) is 0 Å². The first-order valence-electron chi connectivity index (χ1n) is 7.89. The molecule has 0 radical (unpaired) electrons. The Labute approximate surface area is 131 Å². The summed E-state index contributed by atoms with van der Waals surface area (Å²) in [6, 6.07) is 0. The first-order chi connectivity index (χ1) is 10.1. The Kier molecular flexibility index (Phi) is 9.14. The molecule has 0 fully saturated rings. The summed E-state index contributed by atoms with van der Waals surface area (Å²) >= 11 is 1.62. The number of carbonyl (C=O) groups is 1. The predicted octanol–water partition coefficient (Wildman–Crippen LogP) is 3.90. The van der Waals surface area contributed by atoms with Crippen LogP contribution in [0.2, 0.25) is 0 Å². The maximum atomic E-state index is 10.7. The fraction of sp³-hybridized carbons (Fsp3) is 0.800. The third kappa shape index (κ3) is 8.09. The summed E-state index contributed by atoms with van der Waals surface area (Å²) in [5, 5.41) is 13.7. The smallest absolute Gasteiger partial charge is 0.325 e. The fourth-order valence-corrected chi connectivity index (χ4v) is 3.02. The van der Waals surface area contributed by atoms with Gasteiger partial charge in [-0.3, -0.25) is 4.79 Å². The van der Waals surface area contributed by atoms with E-state index in [1.54, 1.807) is 18.7 Å². The molecule has 1 N–H and O–H groups in total. The lowest BCUT2D eigenvalue weighted by Gasteiger charge is -2.00. The van der Waals surface area contributed by atoms with Crippen molar-refractivity contribution in [3.05, 3.63) is 5.82 Å². The van der Waals surface area contributed by atoms with Crippen LogP contribution in [-0.4, -0.2) is 31.6 Å². The first-order valence-corrected chi connectivity index (χ1v) is 8.88. The molecule has 6 heteroatoms. The number of hydrogen-bond donors (Lipinski definition) is 1. The summed E-state index contributed by atoms with van der Waals surface area (Å²) in [5.41, 5.74) is 0. The summed E-state index contributed by atoms with van der Waals surface area (Å²) < 4.78 is 1.44. The number of carboxylic acids is 1. The Bertz CT molecular complexity index is 421. The summed E-state index contributed by atoms with van der Waals surface area (Å²) in [7, 11) is 0. The zero-order valence-corrected chi connectivity index (χ0v) is 14.0. The van der Waals surface area contributed by atoms with E-state index in [2.05, 4.69) is 17.0 Å². The first kappa shape index (κ1) is 18.0. The zero-order valence-electron chi connectivity index (χ0n) is 13.2. The van der Waals surface area contributed by atoms with Gasteiger partial charge in [-0.05, 0) is 13.3 Å². The van der Waals surface area contributed by atoms with Gasteiger partial charge in [0.2, 0.25) is 5.16 Å². The van der Waals surface area contributed by atoms with Gasteiger partial charge < -0.3 is 5.11 Å². The predicted molar refractivity (Wildman–Crippen MR) is 85.7 cm³/mol. The number of carboxylic acid groups (broad SMARTS) is 1. The molecule has 21 heavy (non-hydrogen) atoms. The summed E-state index contributed by atoms with van der Waals surface area (Å²) in [4.78, 5) is 14.9. The topological polar surface area (TPSA) is 68.0 Å². The molecule has 0 bridgehead atoms. The highest BCUT2D eigenvalue weighted by atomic mass is 32.2. The van der Waals surface area contributed by atoms with Crippen LogP contribution in [0.3, 0.4) is 0 Å². The van der Waals surface area contributed by atoms with Gasteiger partial charge in [0, 0.05) is 5.75 Å². The Hall–Kier alpha value is -1.04. The van der Waals surface area contributed by atoms with Crippen molar-refractivity contribution in [2.24, 2.45) is 0 Å². The molecule has 0 saturated carbocycles. The normalized spacial score (nSPS) is 11.0. The van der Waals surface area contributed by atoms with Gasteiger partial charge in [-0.25, -0.2) is 9.67 Å². The van der Waals surface area contributed by atoms with Crippen molar-refractivity contribution in [3.8, 4) is 0 Å². The lowest BCUT2D eigenvalue weighted by molar-refractivity contribution is -0.137. The fourth-order valence-electron chi connectivity index (χ4n) is 2.13. The summed E-state index contributed by atoms with van der Waals surface area (Å²) in [6.45, 7) is 3.91. The molecule has 0 aromatic carbocycles. The Morgan fingerprint density at radius 3 is 2.38 bits per heavy atom. The van der Waals surface area contributed by atoms with E-state index in [9.17, 15) is 4.79 Å². The van der Waals surface area contributed by atoms with E-state index in [4.69, 9.17) is 5.11 Å². The molecule has 0 atom stereocenters. The van der Waals surface area contributed by atoms with E-state index in [1.165, 1.54) is 56.0 Å². The Morgan fingerprint density at radius 1 is 1.14 bits per heavy atom. The summed E-state index contributed by atoms with van der Waals surface area (Å²) in [6.07, 6.45) is 10.5. The molecule has 1 rings (SSSR count). The number of nitrogens with zero attached hydrogens (tertiary/aromatic N) is 3. The monoisotopic (exact) mass is 313 g/mol. The number of aromatic nitrogens is 3. The van der Waals surface area contributed by atoms with Crippen LogP contribution < -0.4 is 0 Å². The molecular weight excluding hydrogens is 286 g/mol. The lowest BCUT2D eigenvalue weighted by atomic mass is 10.1. The van der Waals surface area contributed by atoms with Crippen LogP contribution in [0, 0.1) is 6.92 Å². The van der Waals surface area contributed by atoms with E-state index in [1.807, 2.05) is 0 Å². The second-order valence-electron chi connectivity index (χ2n) is 5.32. The van der Waals surface area contributed by atoms with E-state index >= 15 is 0 Å². The van der Waals surface area contributed by atoms with Crippen molar-refractivity contribution in [2.45, 2.75) is 76.9 Å². The van der Waals surface area contributed by atoms with E-state index < -0.39 is 5.97 Å². The molecule has 1 heterocycles. The van der Waals surface area contributed by atoms with Gasteiger partial charge in [0.1, 0.15) is 12.4 Å². The highest BCUT2D eigenvalue weighted by molar-refractivity contribution is 7.99. The van der Waals surface area contributed by atoms with E-state index in [0.717, 1.165) is 5.75 Å². The van der Waals surface area contributed by atoms with Crippen molar-refractivity contribution in [3.63, 3.8) is 0 Å². The van der Waals surface area contributed by atoms with Crippen molar-refractivity contribution in [1.82, 2.24) is 14.8 Å². The summed E-state index contributed by atoms with van der Waals surface area (Å²) in [5.74, 6) is 0.782. The van der Waals surface area contributed by atoms with Gasteiger partial charge >= 0.3 is 5.97 Å². The molecule has 1 aromatic heterocycles. The van der Waals surface area contributed by atoms with Gasteiger partial charge in [0.25, 0.3) is 0 Å². The van der Waals surface area contributed by atoms with Gasteiger partial charge in [-0.2, -0.15) is 0 Å². The van der Waals surface area contributed by atoms with Crippen molar-refractivity contribution in [2.75, 3.05) is 5.75 Å². The average Bonchev–Trinajstić information content (AvgIpc) is 2.76. The van der Waals surface area contributed by atoms with Crippen LogP contribution in [0.5, 0.6) is 0 Å². The molecule has 0 spiro atoms. The third-order valence-electron chi connectivity index (χ3n) is 3.35. The third-order valence-corrected chi connectivity index (χ3v) is 4.28. The maximum absolute atomic E-state index is 10.7. The highest BCUT2D eigenvalue weighted by Crippen LogP contribution is 2.17. The van der Waals surface area contributed by atoms with Crippen LogP contribution in [0.15, 0.2) is 5.16 Å². The molecule has 0 aliphatic rings. The lowest BCUT2D eigenvalue weighted by Crippen LogP contribution is -2.11. The maximum Gasteiger partial charge on any atom is 0.325 e. The number of unbranched alkanes of at least 4 members (excludes halogenated alkanes) is 7. The second kappa shape index (κ2) is 10.7. The van der Waals surface area contributed by atoms with Gasteiger partial charge in [0.15, 0.2) is 0 Å². The highest BCUT2D eigenvalue weighted by Gasteiger charge is 2.09. The van der Waals surface area contributed by atoms with Crippen molar-refractivity contribution >= 4 is 17.7 Å². The van der Waals surface area contributed by atoms with Crippen LogP contribution in [-0.2, 0) is 11.3 Å². The number of rotatable bonds is 12. The molecule has 0 amide bonds. The minimum absolute atomic E-state index is 0.114. The minimum Gasteiger partial charge on any atom is -0.480 e. The van der Waals surface area contributed by atoms with E-state index in [-0.39, 0.29) is 6.54 Å². The molecule has 0 saturated heterocycles. The van der Waals surface area contributed by atoms with Crippen LogP contribution in [0.25, 0.3) is 0 Å². The zero-order chi connectivity index (χ0) is 15.5. The van der Waals surface area contributed by atoms with Gasteiger partial charge in [-0.1, -0.05) is 63.6 Å². The largest absolute Gasteiger partial charge is 0.480 e. The molecule has 0 aliphatic carbocycles. The van der Waals surface area contributed by atoms with Gasteiger partial charge in [-0.15, -0.1) is 5.10 Å². The number of aryl methyl sites for hydroxylation is 1. The van der Waals surface area contributed by atoms with Gasteiger partial charge in [0.05, 0.1) is 0 Å². The van der Waals surface area contributed by atoms with Crippen LogP contribution in [0.1, 0.15) is 64.1 Å². The number of thioether (sulfide) groups is 1. The van der Waals surface area contributed by atoms with E-state index in [0.29, 0.717) is 11.0 Å². The molecule has 120 valence electrons. The Morgan fingerprint density at radius 2 is 1.76 bits per heavy atom. The number of hydrogen-bond acceptors (Lipinski definition) is 4. The molecular formula is C15H27N3O2S. The quantitative estimate of drug-likeness (QED) is 0.468. The molecule has 0 aliphatic heterocycles. The molecule has 5 nitrogen and oxygen atoms in total. The second-order valence-corrected chi connectivity index (χ2v) is 6.38. The Balaban J connectivity index is 2.09. The minimum atomic E-state index is -0.886. The van der Waals surface area contributed by atoms with Crippen LogP contribution in [0.4, 0.5) is 0 Å². The standard InChI is InChI=1S/C15H27N3O2S/c1-3-4-5-6-7-8-9-10-11-21-15-16-13(2)18(17-15)12-14(19)20/h3-12H2,1-2H3,(H,19,20). The molecule has 0 unspecified atom stereocenters. The van der Waals surface area contributed by atoms with Crippen LogP contribution >= 0.6 is 11.8 Å². The molecule has 1 aromatic rings.